The van der Waals surface area contributed by atoms with E-state index in [9.17, 15) is 4.79 Å². The van der Waals surface area contributed by atoms with Gasteiger partial charge in [-0.1, -0.05) is 12.1 Å². The molecule has 0 aliphatic rings. The number of pyridine rings is 1. The lowest BCUT2D eigenvalue weighted by atomic mass is 10.1. The second-order valence-electron chi connectivity index (χ2n) is 4.27. The third-order valence-corrected chi connectivity index (χ3v) is 2.72. The van der Waals surface area contributed by atoms with Crippen molar-refractivity contribution in [3.8, 4) is 5.75 Å². The molecule has 2 rings (SSSR count). The summed E-state index contributed by atoms with van der Waals surface area (Å²) in [6.07, 6.45) is 0. The summed E-state index contributed by atoms with van der Waals surface area (Å²) in [4.78, 5) is 16.6. The van der Waals surface area contributed by atoms with Crippen molar-refractivity contribution in [1.82, 2.24) is 4.98 Å². The van der Waals surface area contributed by atoms with Gasteiger partial charge in [0.25, 0.3) is 5.91 Å². The van der Waals surface area contributed by atoms with Crippen LogP contribution in [0.3, 0.4) is 0 Å². The SMILES string of the molecule is CCOc1cccc(N)c1C(=O)Nc1cccc(C)n1. The van der Waals surface area contributed by atoms with Gasteiger partial charge in [0.2, 0.25) is 0 Å². The Labute approximate surface area is 117 Å². The molecule has 1 amide bonds. The zero-order valence-electron chi connectivity index (χ0n) is 11.5. The number of nitrogens with two attached hydrogens (primary N) is 1. The second kappa shape index (κ2) is 6.06. The quantitative estimate of drug-likeness (QED) is 0.838. The van der Waals surface area contributed by atoms with Crippen LogP contribution in [-0.2, 0) is 0 Å². The normalized spacial score (nSPS) is 10.1. The lowest BCUT2D eigenvalue weighted by Gasteiger charge is -2.12. The van der Waals surface area contributed by atoms with Crippen molar-refractivity contribution in [3.05, 3.63) is 47.7 Å². The van der Waals surface area contributed by atoms with Crippen LogP contribution in [-0.4, -0.2) is 17.5 Å². The molecule has 0 radical (unpaired) electrons. The third-order valence-electron chi connectivity index (χ3n) is 2.72. The largest absolute Gasteiger partial charge is 0.493 e. The first-order valence-corrected chi connectivity index (χ1v) is 6.38. The summed E-state index contributed by atoms with van der Waals surface area (Å²) in [6, 6.07) is 10.6. The van der Waals surface area contributed by atoms with Crippen LogP contribution in [0.4, 0.5) is 11.5 Å². The first-order chi connectivity index (χ1) is 9.61. The average molecular weight is 271 g/mol. The number of carbonyl (C=O) groups is 1. The number of hydrogen-bond donors (Lipinski definition) is 2. The monoisotopic (exact) mass is 271 g/mol. The molecule has 1 heterocycles. The number of nitrogens with one attached hydrogen (secondary N) is 1. The van der Waals surface area contributed by atoms with Gasteiger partial charge in [0, 0.05) is 11.4 Å². The van der Waals surface area contributed by atoms with Crippen LogP contribution in [0.15, 0.2) is 36.4 Å². The average Bonchev–Trinajstić information content (AvgIpc) is 2.39. The Kier molecular flexibility index (Phi) is 4.20. The molecule has 1 aromatic heterocycles. The molecule has 0 aliphatic carbocycles. The molecule has 5 nitrogen and oxygen atoms in total. The number of hydrogen-bond acceptors (Lipinski definition) is 4. The fraction of sp³-hybridized carbons (Fsp3) is 0.200. The molecule has 0 unspecified atom stereocenters. The maximum Gasteiger partial charge on any atom is 0.262 e. The Morgan fingerprint density at radius 2 is 2.05 bits per heavy atom. The van der Waals surface area contributed by atoms with E-state index in [0.717, 1.165) is 5.69 Å². The summed E-state index contributed by atoms with van der Waals surface area (Å²) < 4.78 is 5.44. The molecule has 0 bridgehead atoms. The molecule has 20 heavy (non-hydrogen) atoms. The Morgan fingerprint density at radius 3 is 2.75 bits per heavy atom. The van der Waals surface area contributed by atoms with E-state index in [0.29, 0.717) is 29.4 Å². The van der Waals surface area contributed by atoms with Gasteiger partial charge in [-0.15, -0.1) is 0 Å². The summed E-state index contributed by atoms with van der Waals surface area (Å²) in [7, 11) is 0. The molecule has 0 aliphatic heterocycles. The Hall–Kier alpha value is -2.56. The van der Waals surface area contributed by atoms with E-state index in [1.54, 1.807) is 24.3 Å². The van der Waals surface area contributed by atoms with Crippen molar-refractivity contribution >= 4 is 17.4 Å². The lowest BCUT2D eigenvalue weighted by molar-refractivity contribution is 0.102. The summed E-state index contributed by atoms with van der Waals surface area (Å²) >= 11 is 0. The number of nitrogens with zero attached hydrogens (tertiary/aromatic N) is 1. The molecule has 1 aromatic carbocycles. The first kappa shape index (κ1) is 13.9. The van der Waals surface area contributed by atoms with Gasteiger partial charge in [0.1, 0.15) is 17.1 Å². The van der Waals surface area contributed by atoms with Crippen molar-refractivity contribution in [1.29, 1.82) is 0 Å². The fourth-order valence-electron chi connectivity index (χ4n) is 1.86. The maximum atomic E-state index is 12.3. The molecular formula is C15H17N3O2. The summed E-state index contributed by atoms with van der Waals surface area (Å²) in [5.41, 5.74) is 7.41. The predicted molar refractivity (Wildman–Crippen MR) is 79.0 cm³/mol. The molecule has 0 fully saturated rings. The molecule has 3 N–H and O–H groups in total. The number of rotatable bonds is 4. The van der Waals surface area contributed by atoms with Gasteiger partial charge in [0.05, 0.1) is 6.61 Å². The highest BCUT2D eigenvalue weighted by atomic mass is 16.5. The van der Waals surface area contributed by atoms with E-state index >= 15 is 0 Å². The highest BCUT2D eigenvalue weighted by Gasteiger charge is 2.16. The van der Waals surface area contributed by atoms with Crippen LogP contribution in [0, 0.1) is 6.92 Å². The molecule has 104 valence electrons. The van der Waals surface area contributed by atoms with Crippen molar-refractivity contribution in [2.24, 2.45) is 0 Å². The number of anilines is 2. The molecule has 0 saturated heterocycles. The minimum Gasteiger partial charge on any atom is -0.493 e. The van der Waals surface area contributed by atoms with Gasteiger partial charge >= 0.3 is 0 Å². The smallest absolute Gasteiger partial charge is 0.262 e. The lowest BCUT2D eigenvalue weighted by Crippen LogP contribution is -2.16. The summed E-state index contributed by atoms with van der Waals surface area (Å²) in [6.45, 7) is 4.18. The topological polar surface area (TPSA) is 77.2 Å². The van der Waals surface area contributed by atoms with E-state index in [-0.39, 0.29) is 5.91 Å². The molecule has 0 atom stereocenters. The van der Waals surface area contributed by atoms with Crippen LogP contribution in [0.2, 0.25) is 0 Å². The van der Waals surface area contributed by atoms with E-state index < -0.39 is 0 Å². The van der Waals surface area contributed by atoms with Crippen molar-refractivity contribution in [3.63, 3.8) is 0 Å². The van der Waals surface area contributed by atoms with E-state index in [2.05, 4.69) is 10.3 Å². The number of nitrogen functional groups attached to an aromatic ring is 1. The number of aromatic nitrogens is 1. The van der Waals surface area contributed by atoms with E-state index in [1.165, 1.54) is 0 Å². The number of benzene rings is 1. The van der Waals surface area contributed by atoms with E-state index in [1.807, 2.05) is 26.0 Å². The zero-order valence-corrected chi connectivity index (χ0v) is 11.5. The number of carbonyl (C=O) groups excluding carboxylic acids is 1. The third kappa shape index (κ3) is 3.06. The van der Waals surface area contributed by atoms with Crippen LogP contribution in [0.5, 0.6) is 5.75 Å². The minimum atomic E-state index is -0.329. The first-order valence-electron chi connectivity index (χ1n) is 6.38. The molecule has 2 aromatic rings. The van der Waals surface area contributed by atoms with Crippen molar-refractivity contribution < 1.29 is 9.53 Å². The van der Waals surface area contributed by atoms with Crippen molar-refractivity contribution in [2.45, 2.75) is 13.8 Å². The molecule has 5 heteroatoms. The Balaban J connectivity index is 2.29. The van der Waals surface area contributed by atoms with Crippen LogP contribution >= 0.6 is 0 Å². The highest BCUT2D eigenvalue weighted by Crippen LogP contribution is 2.25. The molecular weight excluding hydrogens is 254 g/mol. The fourth-order valence-corrected chi connectivity index (χ4v) is 1.86. The minimum absolute atomic E-state index is 0.329. The van der Waals surface area contributed by atoms with Crippen molar-refractivity contribution in [2.75, 3.05) is 17.7 Å². The molecule has 0 saturated carbocycles. The second-order valence-corrected chi connectivity index (χ2v) is 4.27. The summed E-state index contributed by atoms with van der Waals surface area (Å²) in [5, 5.41) is 2.73. The maximum absolute atomic E-state index is 12.3. The van der Waals surface area contributed by atoms with Gasteiger partial charge in [0.15, 0.2) is 0 Å². The van der Waals surface area contributed by atoms with Gasteiger partial charge in [-0.25, -0.2) is 4.98 Å². The van der Waals surface area contributed by atoms with Crippen LogP contribution in [0.25, 0.3) is 0 Å². The van der Waals surface area contributed by atoms with E-state index in [4.69, 9.17) is 10.5 Å². The number of aryl methyl sites for hydroxylation is 1. The van der Waals surface area contributed by atoms with Gasteiger partial charge in [-0.3, -0.25) is 4.79 Å². The van der Waals surface area contributed by atoms with Crippen LogP contribution < -0.4 is 15.8 Å². The standard InChI is InChI=1S/C15H17N3O2/c1-3-20-12-8-5-7-11(16)14(12)15(19)18-13-9-4-6-10(2)17-13/h4-9H,3,16H2,1-2H3,(H,17,18,19). The van der Waals surface area contributed by atoms with Gasteiger partial charge < -0.3 is 15.8 Å². The van der Waals surface area contributed by atoms with Crippen LogP contribution in [0.1, 0.15) is 23.0 Å². The number of amides is 1. The summed E-state index contributed by atoms with van der Waals surface area (Å²) in [5.74, 6) is 0.628. The molecule has 0 spiro atoms. The highest BCUT2D eigenvalue weighted by molar-refractivity contribution is 6.09. The number of ether oxygens (including phenoxy) is 1. The predicted octanol–water partition coefficient (Wildman–Crippen LogP) is 2.62. The Morgan fingerprint density at radius 1 is 1.30 bits per heavy atom. The Bertz CT molecular complexity index is 626. The van der Waals surface area contributed by atoms with Gasteiger partial charge in [-0.2, -0.15) is 0 Å². The van der Waals surface area contributed by atoms with Gasteiger partial charge in [-0.05, 0) is 38.1 Å². The zero-order chi connectivity index (χ0) is 14.5.